The van der Waals surface area contributed by atoms with Crippen molar-refractivity contribution < 1.29 is 33.7 Å². The van der Waals surface area contributed by atoms with Gasteiger partial charge in [0.15, 0.2) is 11.2 Å². The van der Waals surface area contributed by atoms with Gasteiger partial charge in [0.1, 0.15) is 17.5 Å². The van der Waals surface area contributed by atoms with E-state index in [1.54, 1.807) is 19.9 Å². The van der Waals surface area contributed by atoms with E-state index < -0.39 is 28.7 Å². The molecule has 0 saturated carbocycles. The normalized spacial score (nSPS) is 25.5. The van der Waals surface area contributed by atoms with Gasteiger partial charge in [-0.1, -0.05) is 45.4 Å². The van der Waals surface area contributed by atoms with E-state index in [9.17, 15) is 24.3 Å². The van der Waals surface area contributed by atoms with Crippen LogP contribution in [0, 0.1) is 24.7 Å². The number of amides is 1. The van der Waals surface area contributed by atoms with Gasteiger partial charge in [0.25, 0.3) is 11.7 Å². The number of fused-ring (bicyclic) bond motifs is 2. The second-order valence-corrected chi connectivity index (χ2v) is 17.4. The Labute approximate surface area is 348 Å². The number of hydrogen-bond acceptors (Lipinski definition) is 12. The first kappa shape index (κ1) is 41.9. The lowest BCUT2D eigenvalue weighted by Gasteiger charge is -2.30. The number of ether oxygens (including phenoxy) is 3. The number of carbonyl (C=O) groups excluding carboxylic acids is 3. The van der Waals surface area contributed by atoms with E-state index in [0.29, 0.717) is 22.2 Å². The fraction of sp³-hybridized carbons (Fsp3) is 0.457. The van der Waals surface area contributed by atoms with Crippen LogP contribution in [-0.2, 0) is 19.1 Å². The van der Waals surface area contributed by atoms with Crippen molar-refractivity contribution in [1.29, 1.82) is 0 Å². The molecule has 4 heterocycles. The Morgan fingerprint density at radius 1 is 1.12 bits per heavy atom. The predicted molar refractivity (Wildman–Crippen MR) is 234 cm³/mol. The molecule has 1 aromatic heterocycles. The van der Waals surface area contributed by atoms with Crippen molar-refractivity contribution in [2.24, 2.45) is 17.8 Å². The fourth-order valence-corrected chi connectivity index (χ4v) is 9.62. The standard InChI is InChI=1S/C46H54N4O8S/c1-8-30-16-11-23-56-46(7)44(54)36-34-35(39(52)28(5)42(36)58-46)40(53)38(43-37(34)48-32-18-17-31(24-33(32)59-43)50-21-19-47-20-22-50)49-45(55)27(4)15-10-13-25(2)12-9-14-26(3)41(30)57-29(6)51/h10-11,13,15,17-18,23-26,30,41,47,53H,8-9,12,14,16,19-22H2,1-7H3,(H,49,55)/b13-10?,23-11?,27-15-. The molecule has 3 N–H and O–H groups in total. The molecule has 0 spiro atoms. The van der Waals surface area contributed by atoms with E-state index in [2.05, 4.69) is 42.4 Å². The van der Waals surface area contributed by atoms with E-state index in [-0.39, 0.29) is 68.7 Å². The molecule has 13 heteroatoms. The summed E-state index contributed by atoms with van der Waals surface area (Å²) in [4.78, 5) is 62.5. The SMILES string of the molecule is CCC1CC=COC2(C)Oc3c(C)c(=O)c4c(O)c(c5sc6cc(N7CCNCC7)ccc6nc5c4c3C2=O)NC(=O)/C(C)=C\C=CC(C)CCCC(C)C1OC(C)=O. The number of phenols is 1. The fourth-order valence-electron chi connectivity index (χ4n) is 8.51. The minimum Gasteiger partial charge on any atom is -0.505 e. The summed E-state index contributed by atoms with van der Waals surface area (Å²) in [6, 6.07) is 5.97. The highest BCUT2D eigenvalue weighted by Crippen LogP contribution is 2.49. The quantitative estimate of drug-likeness (QED) is 0.0789. The predicted octanol–water partition coefficient (Wildman–Crippen LogP) is 8.45. The molecule has 5 atom stereocenters. The first-order valence-electron chi connectivity index (χ1n) is 20.7. The van der Waals surface area contributed by atoms with Gasteiger partial charge < -0.3 is 34.9 Å². The smallest absolute Gasteiger partial charge is 0.312 e. The molecule has 4 aromatic rings. The number of esters is 1. The number of nitrogens with one attached hydrogen (secondary N) is 2. The van der Waals surface area contributed by atoms with E-state index in [1.165, 1.54) is 31.4 Å². The average molecular weight is 823 g/mol. The summed E-state index contributed by atoms with van der Waals surface area (Å²) in [5, 5.41) is 18.4. The van der Waals surface area contributed by atoms with Crippen molar-refractivity contribution in [1.82, 2.24) is 10.3 Å². The first-order valence-corrected chi connectivity index (χ1v) is 21.5. The van der Waals surface area contributed by atoms with Gasteiger partial charge in [0.2, 0.25) is 0 Å². The Morgan fingerprint density at radius 2 is 1.88 bits per heavy atom. The monoisotopic (exact) mass is 822 g/mol. The van der Waals surface area contributed by atoms with Crippen LogP contribution in [0.25, 0.3) is 31.2 Å². The molecule has 4 bridgehead atoms. The topological polar surface area (TPSA) is 156 Å². The third kappa shape index (κ3) is 8.19. The van der Waals surface area contributed by atoms with Crippen LogP contribution >= 0.6 is 11.3 Å². The Hall–Kier alpha value is -5.27. The molecule has 1 amide bonds. The maximum absolute atomic E-state index is 14.6. The molecular formula is C46H54N4O8S. The lowest BCUT2D eigenvalue weighted by atomic mass is 9.84. The van der Waals surface area contributed by atoms with Gasteiger partial charge in [-0.3, -0.25) is 19.2 Å². The molecule has 1 saturated heterocycles. The van der Waals surface area contributed by atoms with Crippen LogP contribution < -0.4 is 25.7 Å². The molecule has 1 fully saturated rings. The Kier molecular flexibility index (Phi) is 12.2. The van der Waals surface area contributed by atoms with Crippen molar-refractivity contribution in [3.8, 4) is 11.5 Å². The van der Waals surface area contributed by atoms with Crippen LogP contribution in [0.2, 0.25) is 0 Å². The zero-order chi connectivity index (χ0) is 42.2. The Morgan fingerprint density at radius 3 is 2.61 bits per heavy atom. The number of phenolic OH excluding ortho intramolecular Hbond substituents is 1. The number of aromatic nitrogens is 1. The van der Waals surface area contributed by atoms with Gasteiger partial charge in [-0.25, -0.2) is 4.98 Å². The second kappa shape index (κ2) is 17.1. The molecule has 0 radical (unpaired) electrons. The van der Waals surface area contributed by atoms with Crippen molar-refractivity contribution >= 4 is 71.6 Å². The molecule has 12 nitrogen and oxygen atoms in total. The summed E-state index contributed by atoms with van der Waals surface area (Å²) in [6.45, 7) is 15.9. The zero-order valence-electron chi connectivity index (χ0n) is 34.9. The number of piperazine rings is 1. The molecule has 3 aromatic carbocycles. The summed E-state index contributed by atoms with van der Waals surface area (Å²) >= 11 is 1.31. The van der Waals surface area contributed by atoms with E-state index >= 15 is 0 Å². The van der Waals surface area contributed by atoms with Crippen molar-refractivity contribution in [2.75, 3.05) is 36.4 Å². The summed E-state index contributed by atoms with van der Waals surface area (Å²) in [6.07, 6.45) is 12.5. The number of ketones is 1. The molecular weight excluding hydrogens is 769 g/mol. The number of Topliss-reactive ketones (excluding diaryl/α,β-unsaturated/α-hetero) is 1. The highest BCUT2D eigenvalue weighted by atomic mass is 32.1. The number of aromatic hydroxyl groups is 1. The highest BCUT2D eigenvalue weighted by Gasteiger charge is 2.49. The Bertz CT molecular complexity index is 2480. The molecule has 0 aliphatic carbocycles. The lowest BCUT2D eigenvalue weighted by molar-refractivity contribution is -0.152. The van der Waals surface area contributed by atoms with Gasteiger partial charge in [-0.15, -0.1) is 11.3 Å². The maximum Gasteiger partial charge on any atom is 0.312 e. The minimum atomic E-state index is -1.85. The number of carbonyl (C=O) groups is 3. The molecule has 7 rings (SSSR count). The highest BCUT2D eigenvalue weighted by molar-refractivity contribution is 7.25. The number of hydrogen-bond donors (Lipinski definition) is 3. The molecule has 5 unspecified atom stereocenters. The van der Waals surface area contributed by atoms with Crippen molar-refractivity contribution in [3.05, 3.63) is 75.7 Å². The van der Waals surface area contributed by atoms with Crippen LogP contribution in [0.3, 0.4) is 0 Å². The Balaban J connectivity index is 1.41. The van der Waals surface area contributed by atoms with Gasteiger partial charge >= 0.3 is 11.8 Å². The third-order valence-corrected chi connectivity index (χ3v) is 13.1. The number of anilines is 2. The van der Waals surface area contributed by atoms with E-state index in [0.717, 1.165) is 62.2 Å². The molecule has 3 aliphatic rings. The number of rotatable bonds is 3. The number of allylic oxidation sites excluding steroid dienone is 4. The summed E-state index contributed by atoms with van der Waals surface area (Å²) < 4.78 is 19.5. The van der Waals surface area contributed by atoms with Crippen molar-refractivity contribution in [2.45, 2.75) is 92.5 Å². The van der Waals surface area contributed by atoms with Crippen LogP contribution in [-0.4, -0.2) is 65.8 Å². The average Bonchev–Trinajstić information content (AvgIpc) is 3.48. The zero-order valence-corrected chi connectivity index (χ0v) is 35.7. The number of nitrogens with zero attached hydrogens (tertiary/aromatic N) is 2. The second-order valence-electron chi connectivity index (χ2n) is 16.3. The van der Waals surface area contributed by atoms with Crippen LogP contribution in [0.4, 0.5) is 11.4 Å². The van der Waals surface area contributed by atoms with Gasteiger partial charge in [-0.05, 0) is 81.6 Å². The molecule has 59 heavy (non-hydrogen) atoms. The van der Waals surface area contributed by atoms with Crippen LogP contribution in [0.5, 0.6) is 11.5 Å². The lowest BCUT2D eigenvalue weighted by Crippen LogP contribution is -2.43. The number of benzene rings is 3. The van der Waals surface area contributed by atoms with Crippen molar-refractivity contribution in [3.63, 3.8) is 0 Å². The first-order chi connectivity index (χ1) is 28.2. The van der Waals surface area contributed by atoms with Gasteiger partial charge in [0.05, 0.1) is 37.6 Å². The summed E-state index contributed by atoms with van der Waals surface area (Å²) in [5.74, 6) is -3.27. The van der Waals surface area contributed by atoms with Gasteiger partial charge in [0, 0.05) is 62.2 Å². The van der Waals surface area contributed by atoms with Gasteiger partial charge in [-0.2, -0.15) is 0 Å². The summed E-state index contributed by atoms with van der Waals surface area (Å²) in [5.41, 5.74) is 1.96. The van der Waals surface area contributed by atoms with Crippen LogP contribution in [0.1, 0.15) is 89.6 Å². The largest absolute Gasteiger partial charge is 0.505 e. The minimum absolute atomic E-state index is 0.00564. The van der Waals surface area contributed by atoms with E-state index in [1.807, 2.05) is 30.4 Å². The third-order valence-electron chi connectivity index (χ3n) is 12.0. The molecule has 312 valence electrons. The summed E-state index contributed by atoms with van der Waals surface area (Å²) in [7, 11) is 0. The molecule has 3 aliphatic heterocycles. The van der Waals surface area contributed by atoms with E-state index in [4.69, 9.17) is 19.2 Å². The maximum atomic E-state index is 14.6. The van der Waals surface area contributed by atoms with Crippen LogP contribution in [0.15, 0.2) is 59.1 Å².